The summed E-state index contributed by atoms with van der Waals surface area (Å²) in [4.78, 5) is 14.7. The molecule has 1 amide bonds. The van der Waals surface area contributed by atoms with Gasteiger partial charge in [-0.25, -0.2) is 0 Å². The molecular weight excluding hydrogens is 402 g/mol. The molecule has 1 aromatic heterocycles. The summed E-state index contributed by atoms with van der Waals surface area (Å²) in [5.41, 5.74) is 0.691. The maximum Gasteiger partial charge on any atom is 0.234 e. The highest BCUT2D eigenvalue weighted by Crippen LogP contribution is 2.32. The molecule has 0 saturated heterocycles. The summed E-state index contributed by atoms with van der Waals surface area (Å²) in [5.74, 6) is 2.49. The third kappa shape index (κ3) is 5.46. The molecule has 1 atom stereocenters. The molecule has 2 aromatic rings. The van der Waals surface area contributed by atoms with E-state index < -0.39 is 0 Å². The van der Waals surface area contributed by atoms with E-state index in [0.29, 0.717) is 30.4 Å². The van der Waals surface area contributed by atoms with Gasteiger partial charge in [0.25, 0.3) is 0 Å². The van der Waals surface area contributed by atoms with Crippen LogP contribution in [-0.4, -0.2) is 58.6 Å². The monoisotopic (exact) mass is 433 g/mol. The van der Waals surface area contributed by atoms with Crippen molar-refractivity contribution in [2.75, 3.05) is 38.4 Å². The van der Waals surface area contributed by atoms with Crippen molar-refractivity contribution in [3.8, 4) is 11.5 Å². The average molecular weight is 434 g/mol. The third-order valence-corrected chi connectivity index (χ3v) is 5.91. The maximum atomic E-state index is 12.5. The van der Waals surface area contributed by atoms with E-state index in [-0.39, 0.29) is 17.7 Å². The molecule has 0 unspecified atom stereocenters. The SMILES string of the molecule is CCCCn1c(SCC(=O)Nc2ccc3c(c2)OCCO3)nnc1[C@@H](CC)N(C)C. The summed E-state index contributed by atoms with van der Waals surface area (Å²) in [5, 5.41) is 12.6. The van der Waals surface area contributed by atoms with Gasteiger partial charge in [-0.2, -0.15) is 0 Å². The molecule has 0 radical (unpaired) electrons. The number of aromatic nitrogens is 3. The van der Waals surface area contributed by atoms with Gasteiger partial charge in [-0.3, -0.25) is 9.69 Å². The molecule has 1 aromatic carbocycles. The second-order valence-electron chi connectivity index (χ2n) is 7.43. The molecule has 1 N–H and O–H groups in total. The highest BCUT2D eigenvalue weighted by molar-refractivity contribution is 7.99. The predicted octanol–water partition coefficient (Wildman–Crippen LogP) is 3.59. The molecule has 0 aliphatic carbocycles. The number of hydrogen-bond donors (Lipinski definition) is 1. The summed E-state index contributed by atoms with van der Waals surface area (Å²) >= 11 is 1.42. The molecule has 30 heavy (non-hydrogen) atoms. The van der Waals surface area contributed by atoms with Crippen LogP contribution in [0.25, 0.3) is 0 Å². The summed E-state index contributed by atoms with van der Waals surface area (Å²) in [6, 6.07) is 5.63. The van der Waals surface area contributed by atoms with E-state index in [2.05, 4.69) is 52.9 Å². The highest BCUT2D eigenvalue weighted by Gasteiger charge is 2.22. The number of unbranched alkanes of at least 4 members (excludes halogenated alkanes) is 1. The van der Waals surface area contributed by atoms with Gasteiger partial charge in [0, 0.05) is 18.3 Å². The summed E-state index contributed by atoms with van der Waals surface area (Å²) < 4.78 is 13.3. The zero-order valence-corrected chi connectivity index (χ0v) is 19.0. The van der Waals surface area contributed by atoms with Crippen molar-refractivity contribution in [2.45, 2.75) is 50.9 Å². The second-order valence-corrected chi connectivity index (χ2v) is 8.37. The summed E-state index contributed by atoms with van der Waals surface area (Å²) in [6.45, 7) is 6.23. The van der Waals surface area contributed by atoms with Crippen LogP contribution < -0.4 is 14.8 Å². The van der Waals surface area contributed by atoms with Crippen molar-refractivity contribution in [3.63, 3.8) is 0 Å². The number of ether oxygens (including phenoxy) is 2. The van der Waals surface area contributed by atoms with Crippen LogP contribution in [0.15, 0.2) is 23.4 Å². The van der Waals surface area contributed by atoms with Gasteiger partial charge in [-0.05, 0) is 39.1 Å². The molecule has 3 rings (SSSR count). The minimum atomic E-state index is -0.0945. The lowest BCUT2D eigenvalue weighted by Crippen LogP contribution is -2.23. The van der Waals surface area contributed by atoms with Crippen LogP contribution in [0.5, 0.6) is 11.5 Å². The van der Waals surface area contributed by atoms with Crippen LogP contribution in [0, 0.1) is 0 Å². The molecule has 1 aliphatic rings. The zero-order valence-electron chi connectivity index (χ0n) is 18.2. The van der Waals surface area contributed by atoms with E-state index in [1.807, 2.05) is 12.1 Å². The fourth-order valence-electron chi connectivity index (χ4n) is 3.41. The molecule has 0 saturated carbocycles. The first-order valence-electron chi connectivity index (χ1n) is 10.4. The van der Waals surface area contributed by atoms with Crippen molar-refractivity contribution in [1.29, 1.82) is 0 Å². The Hall–Kier alpha value is -2.26. The van der Waals surface area contributed by atoms with Crippen LogP contribution in [0.2, 0.25) is 0 Å². The highest BCUT2D eigenvalue weighted by atomic mass is 32.2. The fraction of sp³-hybridized carbons (Fsp3) is 0.571. The molecule has 9 heteroatoms. The van der Waals surface area contributed by atoms with Crippen molar-refractivity contribution >= 4 is 23.4 Å². The van der Waals surface area contributed by atoms with Crippen molar-refractivity contribution in [1.82, 2.24) is 19.7 Å². The molecule has 2 heterocycles. The van der Waals surface area contributed by atoms with Gasteiger partial charge in [-0.1, -0.05) is 32.0 Å². The van der Waals surface area contributed by atoms with Gasteiger partial charge in [0.15, 0.2) is 22.5 Å². The molecule has 0 bridgehead atoms. The first kappa shape index (κ1) is 22.4. The number of anilines is 1. The second kappa shape index (κ2) is 10.7. The van der Waals surface area contributed by atoms with Crippen LogP contribution in [-0.2, 0) is 11.3 Å². The standard InChI is InChI=1S/C21H31N5O3S/c1-5-7-10-26-20(16(6-2)25(3)4)23-24-21(26)30-14-19(27)22-15-8-9-17-18(13-15)29-12-11-28-17/h8-9,13,16H,5-7,10-12,14H2,1-4H3,(H,22,27)/t16-/m1/s1. The smallest absolute Gasteiger partial charge is 0.234 e. The van der Waals surface area contributed by atoms with Gasteiger partial charge in [-0.15, -0.1) is 10.2 Å². The largest absolute Gasteiger partial charge is 0.486 e. The first-order chi connectivity index (χ1) is 14.5. The Balaban J connectivity index is 1.65. The van der Waals surface area contributed by atoms with E-state index in [0.717, 1.165) is 36.8 Å². The normalized spacial score (nSPS) is 14.0. The van der Waals surface area contributed by atoms with Crippen molar-refractivity contribution < 1.29 is 14.3 Å². The predicted molar refractivity (Wildman–Crippen MR) is 118 cm³/mol. The van der Waals surface area contributed by atoms with E-state index in [1.165, 1.54) is 11.8 Å². The molecule has 0 fully saturated rings. The molecule has 164 valence electrons. The maximum absolute atomic E-state index is 12.5. The summed E-state index contributed by atoms with van der Waals surface area (Å²) in [6.07, 6.45) is 3.09. The number of rotatable bonds is 10. The number of nitrogens with one attached hydrogen (secondary N) is 1. The average Bonchev–Trinajstić information content (AvgIpc) is 3.13. The Labute approximate surface area is 182 Å². The van der Waals surface area contributed by atoms with Crippen molar-refractivity contribution in [3.05, 3.63) is 24.0 Å². The molecule has 8 nitrogen and oxygen atoms in total. The Kier molecular flexibility index (Phi) is 7.98. The Morgan fingerprint density at radius 2 is 2.00 bits per heavy atom. The number of benzene rings is 1. The van der Waals surface area contributed by atoms with E-state index in [9.17, 15) is 4.79 Å². The van der Waals surface area contributed by atoms with Gasteiger partial charge in [0.05, 0.1) is 11.8 Å². The van der Waals surface area contributed by atoms with Crippen LogP contribution in [0.3, 0.4) is 0 Å². The number of amides is 1. The number of thioether (sulfide) groups is 1. The van der Waals surface area contributed by atoms with Gasteiger partial charge < -0.3 is 19.4 Å². The van der Waals surface area contributed by atoms with E-state index in [1.54, 1.807) is 6.07 Å². The minimum Gasteiger partial charge on any atom is -0.486 e. The van der Waals surface area contributed by atoms with E-state index in [4.69, 9.17) is 9.47 Å². The minimum absolute atomic E-state index is 0.0945. The van der Waals surface area contributed by atoms with Crippen LogP contribution >= 0.6 is 11.8 Å². The lowest BCUT2D eigenvalue weighted by Gasteiger charge is -2.23. The zero-order chi connectivity index (χ0) is 21.5. The lowest BCUT2D eigenvalue weighted by atomic mass is 10.2. The number of hydrogen-bond acceptors (Lipinski definition) is 7. The molecular formula is C21H31N5O3S. The first-order valence-corrected chi connectivity index (χ1v) is 11.4. The van der Waals surface area contributed by atoms with Crippen molar-refractivity contribution in [2.24, 2.45) is 0 Å². The number of nitrogens with zero attached hydrogens (tertiary/aromatic N) is 4. The number of fused-ring (bicyclic) bond motifs is 1. The Bertz CT molecular complexity index is 855. The van der Waals surface area contributed by atoms with Gasteiger partial charge >= 0.3 is 0 Å². The van der Waals surface area contributed by atoms with Crippen LogP contribution in [0.1, 0.15) is 45.0 Å². The fourth-order valence-corrected chi connectivity index (χ4v) is 4.18. The summed E-state index contributed by atoms with van der Waals surface area (Å²) in [7, 11) is 4.11. The quantitative estimate of drug-likeness (QED) is 0.573. The topological polar surface area (TPSA) is 81.5 Å². The molecule has 0 spiro atoms. The Morgan fingerprint density at radius 1 is 1.23 bits per heavy atom. The van der Waals surface area contributed by atoms with Gasteiger partial charge in [0.2, 0.25) is 5.91 Å². The van der Waals surface area contributed by atoms with E-state index >= 15 is 0 Å². The Morgan fingerprint density at radius 3 is 2.70 bits per heavy atom. The van der Waals surface area contributed by atoms with Gasteiger partial charge in [0.1, 0.15) is 13.2 Å². The number of carbonyl (C=O) groups is 1. The van der Waals surface area contributed by atoms with Crippen LogP contribution in [0.4, 0.5) is 5.69 Å². The molecule has 1 aliphatic heterocycles. The lowest BCUT2D eigenvalue weighted by molar-refractivity contribution is -0.113. The third-order valence-electron chi connectivity index (χ3n) is 4.95. The number of carbonyl (C=O) groups excluding carboxylic acids is 1.